The average molecular weight is 331 g/mol. The highest BCUT2D eigenvalue weighted by Gasteiger charge is 2.31. The van der Waals surface area contributed by atoms with Crippen molar-refractivity contribution in [1.29, 1.82) is 5.26 Å². The van der Waals surface area contributed by atoms with E-state index in [0.29, 0.717) is 22.4 Å². The van der Waals surface area contributed by atoms with E-state index in [1.54, 1.807) is 53.4 Å². The van der Waals surface area contributed by atoms with Gasteiger partial charge in [0.25, 0.3) is 5.70 Å². The van der Waals surface area contributed by atoms with Gasteiger partial charge in [-0.1, -0.05) is 36.4 Å². The van der Waals surface area contributed by atoms with Crippen LogP contribution in [0.1, 0.15) is 11.1 Å². The van der Waals surface area contributed by atoms with Gasteiger partial charge in [0.05, 0.1) is 22.8 Å². The van der Waals surface area contributed by atoms with Crippen LogP contribution in [0.4, 0.5) is 5.69 Å². The molecule has 1 aliphatic rings. The standard InChI is InChI=1S/C19H13N3O3/c20-11-14-6-4-5-9-17(14)18-10-16(22(24)25)12-21(19(18)13-23)15-7-2-1-3-8-15/h1-10,12-13,19H. The number of nitrogens with zero attached hydrogens (tertiary/aromatic N) is 3. The Kier molecular flexibility index (Phi) is 4.40. The maximum atomic E-state index is 11.8. The van der Waals surface area contributed by atoms with Crippen molar-refractivity contribution in [2.24, 2.45) is 0 Å². The molecule has 2 aromatic rings. The fraction of sp³-hybridized carbons (Fsp3) is 0.0526. The molecule has 0 spiro atoms. The molecule has 0 bridgehead atoms. The summed E-state index contributed by atoms with van der Waals surface area (Å²) in [6.45, 7) is 0. The van der Waals surface area contributed by atoms with Crippen molar-refractivity contribution in [3.8, 4) is 6.07 Å². The van der Waals surface area contributed by atoms with Gasteiger partial charge in [0.15, 0.2) is 0 Å². The van der Waals surface area contributed by atoms with E-state index in [-0.39, 0.29) is 5.70 Å². The van der Waals surface area contributed by atoms with Gasteiger partial charge in [0, 0.05) is 11.8 Å². The van der Waals surface area contributed by atoms with Crippen LogP contribution in [-0.4, -0.2) is 17.3 Å². The Balaban J connectivity index is 2.20. The molecule has 0 fully saturated rings. The quantitative estimate of drug-likeness (QED) is 0.488. The summed E-state index contributed by atoms with van der Waals surface area (Å²) in [6, 6.07) is 17.0. The third-order valence-electron chi connectivity index (χ3n) is 3.95. The predicted molar refractivity (Wildman–Crippen MR) is 93.0 cm³/mol. The Morgan fingerprint density at radius 1 is 1.12 bits per heavy atom. The molecule has 1 atom stereocenters. The SMILES string of the molecule is N#Cc1ccccc1C1=CC([N+](=O)[O-])=CN(c2ccccc2)C1C=O. The maximum absolute atomic E-state index is 11.8. The highest BCUT2D eigenvalue weighted by molar-refractivity contribution is 5.92. The van der Waals surface area contributed by atoms with Gasteiger partial charge < -0.3 is 9.69 Å². The molecular formula is C19H13N3O3. The zero-order valence-corrected chi connectivity index (χ0v) is 13.1. The van der Waals surface area contributed by atoms with Gasteiger partial charge in [-0.15, -0.1) is 0 Å². The number of hydrogen-bond donors (Lipinski definition) is 0. The molecule has 0 saturated carbocycles. The number of hydrogen-bond acceptors (Lipinski definition) is 5. The van der Waals surface area contributed by atoms with Crippen LogP contribution in [-0.2, 0) is 4.79 Å². The monoisotopic (exact) mass is 331 g/mol. The van der Waals surface area contributed by atoms with E-state index in [2.05, 4.69) is 6.07 Å². The molecule has 6 nitrogen and oxygen atoms in total. The van der Waals surface area contributed by atoms with Gasteiger partial charge >= 0.3 is 0 Å². The van der Waals surface area contributed by atoms with Crippen LogP contribution in [0.3, 0.4) is 0 Å². The third kappa shape index (κ3) is 3.03. The van der Waals surface area contributed by atoms with Crippen molar-refractivity contribution in [2.75, 3.05) is 4.90 Å². The van der Waals surface area contributed by atoms with Crippen LogP contribution in [0, 0.1) is 21.4 Å². The number of anilines is 1. The van der Waals surface area contributed by atoms with Crippen LogP contribution in [0.2, 0.25) is 0 Å². The van der Waals surface area contributed by atoms with Crippen LogP contribution < -0.4 is 4.90 Å². The molecule has 0 saturated heterocycles. The predicted octanol–water partition coefficient (Wildman–Crippen LogP) is 3.15. The Bertz CT molecular complexity index is 926. The van der Waals surface area contributed by atoms with Crippen LogP contribution in [0.5, 0.6) is 0 Å². The van der Waals surface area contributed by atoms with Crippen LogP contribution in [0.15, 0.2) is 72.6 Å². The van der Waals surface area contributed by atoms with Crippen molar-refractivity contribution in [2.45, 2.75) is 6.04 Å². The molecule has 2 aromatic carbocycles. The van der Waals surface area contributed by atoms with E-state index in [0.717, 1.165) is 6.29 Å². The molecule has 1 aliphatic heterocycles. The third-order valence-corrected chi connectivity index (χ3v) is 3.95. The largest absolute Gasteiger partial charge is 0.327 e. The Labute approximate surface area is 144 Å². The molecule has 0 N–H and O–H groups in total. The Morgan fingerprint density at radius 2 is 1.80 bits per heavy atom. The van der Waals surface area contributed by atoms with E-state index in [1.165, 1.54) is 12.3 Å². The van der Waals surface area contributed by atoms with Gasteiger partial charge in [0.2, 0.25) is 0 Å². The summed E-state index contributed by atoms with van der Waals surface area (Å²) in [6.07, 6.45) is 3.42. The highest BCUT2D eigenvalue weighted by atomic mass is 16.6. The van der Waals surface area contributed by atoms with Crippen molar-refractivity contribution in [3.63, 3.8) is 0 Å². The molecule has 1 heterocycles. The average Bonchev–Trinajstić information content (AvgIpc) is 2.67. The van der Waals surface area contributed by atoms with E-state index < -0.39 is 11.0 Å². The zero-order valence-electron chi connectivity index (χ0n) is 13.1. The fourth-order valence-electron chi connectivity index (χ4n) is 2.80. The van der Waals surface area contributed by atoms with Gasteiger partial charge in [-0.3, -0.25) is 10.1 Å². The molecule has 25 heavy (non-hydrogen) atoms. The molecular weight excluding hydrogens is 318 g/mol. The van der Waals surface area contributed by atoms with Crippen LogP contribution in [0.25, 0.3) is 5.57 Å². The summed E-state index contributed by atoms with van der Waals surface area (Å²) in [4.78, 5) is 24.3. The molecule has 0 radical (unpaired) electrons. The minimum atomic E-state index is -0.763. The smallest absolute Gasteiger partial charge is 0.285 e. The number of rotatable bonds is 4. The maximum Gasteiger partial charge on any atom is 0.285 e. The number of nitriles is 1. The van der Waals surface area contributed by atoms with Crippen molar-refractivity contribution in [1.82, 2.24) is 0 Å². The molecule has 1 unspecified atom stereocenters. The van der Waals surface area contributed by atoms with Gasteiger partial charge in [-0.25, -0.2) is 0 Å². The van der Waals surface area contributed by atoms with Crippen molar-refractivity contribution < 1.29 is 9.72 Å². The summed E-state index contributed by atoms with van der Waals surface area (Å²) >= 11 is 0. The first-order chi connectivity index (χ1) is 12.2. The minimum Gasteiger partial charge on any atom is -0.327 e. The number of carbonyl (C=O) groups excluding carboxylic acids is 1. The summed E-state index contributed by atoms with van der Waals surface area (Å²) < 4.78 is 0. The summed E-state index contributed by atoms with van der Waals surface area (Å²) in [5.74, 6) is 0. The Hall–Kier alpha value is -3.72. The topological polar surface area (TPSA) is 87.2 Å². The van der Waals surface area contributed by atoms with Gasteiger partial charge in [-0.05, 0) is 29.3 Å². The lowest BCUT2D eigenvalue weighted by Crippen LogP contribution is -2.36. The number of para-hydroxylation sites is 1. The van der Waals surface area contributed by atoms with Gasteiger partial charge in [0.1, 0.15) is 12.3 Å². The molecule has 0 aromatic heterocycles. The van der Waals surface area contributed by atoms with Crippen LogP contribution >= 0.6 is 0 Å². The molecule has 3 rings (SSSR count). The molecule has 0 aliphatic carbocycles. The summed E-state index contributed by atoms with van der Waals surface area (Å²) in [5.41, 5.74) is 1.79. The lowest BCUT2D eigenvalue weighted by Gasteiger charge is -2.31. The summed E-state index contributed by atoms with van der Waals surface area (Å²) in [5, 5.41) is 20.7. The second kappa shape index (κ2) is 6.81. The summed E-state index contributed by atoms with van der Waals surface area (Å²) in [7, 11) is 0. The zero-order chi connectivity index (χ0) is 17.8. The number of allylic oxidation sites excluding steroid dienone is 1. The van der Waals surface area contributed by atoms with E-state index >= 15 is 0 Å². The lowest BCUT2D eigenvalue weighted by molar-refractivity contribution is -0.419. The Morgan fingerprint density at radius 3 is 2.44 bits per heavy atom. The highest BCUT2D eigenvalue weighted by Crippen LogP contribution is 2.33. The second-order valence-corrected chi connectivity index (χ2v) is 5.39. The van der Waals surface area contributed by atoms with Crippen molar-refractivity contribution in [3.05, 3.63) is 93.8 Å². The lowest BCUT2D eigenvalue weighted by atomic mass is 9.91. The number of benzene rings is 2. The number of carbonyl (C=O) groups is 1. The normalized spacial score (nSPS) is 16.4. The first-order valence-electron chi connectivity index (χ1n) is 7.51. The minimum absolute atomic E-state index is 0.148. The van der Waals surface area contributed by atoms with E-state index in [9.17, 15) is 20.2 Å². The van der Waals surface area contributed by atoms with Gasteiger partial charge in [-0.2, -0.15) is 5.26 Å². The first-order valence-corrected chi connectivity index (χ1v) is 7.51. The first kappa shape index (κ1) is 16.1. The molecule has 0 amide bonds. The molecule has 6 heteroatoms. The number of nitro groups is 1. The van der Waals surface area contributed by atoms with Crippen molar-refractivity contribution >= 4 is 17.5 Å². The molecule has 122 valence electrons. The van der Waals surface area contributed by atoms with E-state index in [1.807, 2.05) is 6.07 Å². The van der Waals surface area contributed by atoms with E-state index in [4.69, 9.17) is 0 Å². The number of aldehydes is 1. The fourth-order valence-corrected chi connectivity index (χ4v) is 2.80. The second-order valence-electron chi connectivity index (χ2n) is 5.39.